The van der Waals surface area contributed by atoms with Gasteiger partial charge in [0.25, 0.3) is 0 Å². The fraction of sp³-hybridized carbons (Fsp3) is 0.333. The minimum absolute atomic E-state index is 0.527. The highest BCUT2D eigenvalue weighted by Gasteiger charge is 2.10. The lowest BCUT2D eigenvalue weighted by atomic mass is 10.0. The van der Waals surface area contributed by atoms with Crippen LogP contribution in [-0.2, 0) is 0 Å². The molecule has 0 amide bonds. The average molecular weight is 268 g/mol. The molecule has 1 N–H and O–H groups in total. The number of fused-ring (bicyclic) bond motifs is 1. The molecule has 0 spiro atoms. The van der Waals surface area contributed by atoms with E-state index >= 15 is 0 Å². The topological polar surface area (TPSA) is 25.0 Å². The largest absolute Gasteiger partial charge is 0.495 e. The van der Waals surface area contributed by atoms with E-state index in [9.17, 15) is 0 Å². The van der Waals surface area contributed by atoms with Gasteiger partial charge in [-0.05, 0) is 33.5 Å². The molecular weight excluding hydrogens is 254 g/mol. The predicted octanol–water partition coefficient (Wildman–Crippen LogP) is 4.06. The van der Waals surface area contributed by atoms with E-state index in [1.807, 2.05) is 6.07 Å². The molecule has 0 aliphatic carbocycles. The molecule has 0 fully saturated rings. The van der Waals surface area contributed by atoms with Crippen molar-refractivity contribution < 1.29 is 4.74 Å². The Hall–Kier alpha value is -0.960. The minimum Gasteiger partial charge on any atom is -0.495 e. The van der Waals surface area contributed by atoms with Gasteiger partial charge in [0, 0.05) is 23.2 Å². The van der Waals surface area contributed by atoms with E-state index in [0.717, 1.165) is 15.7 Å². The first-order valence-corrected chi connectivity index (χ1v) is 5.77. The van der Waals surface area contributed by atoms with Crippen molar-refractivity contribution >= 4 is 26.8 Å². The lowest BCUT2D eigenvalue weighted by Crippen LogP contribution is -1.86. The van der Waals surface area contributed by atoms with E-state index in [-0.39, 0.29) is 0 Å². The Kier molecular flexibility index (Phi) is 2.74. The van der Waals surface area contributed by atoms with Crippen LogP contribution in [0.5, 0.6) is 5.75 Å². The van der Waals surface area contributed by atoms with Crippen LogP contribution in [0.25, 0.3) is 10.9 Å². The van der Waals surface area contributed by atoms with E-state index < -0.39 is 0 Å². The van der Waals surface area contributed by atoms with E-state index in [0.29, 0.717) is 5.92 Å². The van der Waals surface area contributed by atoms with E-state index in [4.69, 9.17) is 4.74 Å². The molecule has 3 heteroatoms. The van der Waals surface area contributed by atoms with Gasteiger partial charge in [0.15, 0.2) is 0 Å². The van der Waals surface area contributed by atoms with Gasteiger partial charge < -0.3 is 9.72 Å². The molecule has 0 saturated heterocycles. The summed E-state index contributed by atoms with van der Waals surface area (Å²) in [6.07, 6.45) is 2.07. The van der Waals surface area contributed by atoms with Gasteiger partial charge in [-0.25, -0.2) is 0 Å². The molecule has 2 nitrogen and oxygen atoms in total. The van der Waals surface area contributed by atoms with E-state index in [1.165, 1.54) is 10.9 Å². The molecule has 1 heterocycles. The van der Waals surface area contributed by atoms with E-state index in [1.54, 1.807) is 7.11 Å². The molecule has 1 aromatic carbocycles. The van der Waals surface area contributed by atoms with Crippen molar-refractivity contribution in [3.05, 3.63) is 28.4 Å². The van der Waals surface area contributed by atoms with Crippen molar-refractivity contribution in [2.45, 2.75) is 19.8 Å². The third-order valence-corrected chi connectivity index (χ3v) is 3.23. The summed E-state index contributed by atoms with van der Waals surface area (Å²) < 4.78 is 6.26. The van der Waals surface area contributed by atoms with Crippen molar-refractivity contribution in [3.63, 3.8) is 0 Å². The predicted molar refractivity (Wildman–Crippen MR) is 66.6 cm³/mol. The minimum atomic E-state index is 0.527. The maximum atomic E-state index is 5.26. The summed E-state index contributed by atoms with van der Waals surface area (Å²) in [5.41, 5.74) is 2.46. The van der Waals surface area contributed by atoms with Crippen LogP contribution in [-0.4, -0.2) is 12.1 Å². The van der Waals surface area contributed by atoms with Crippen molar-refractivity contribution in [2.75, 3.05) is 7.11 Å². The van der Waals surface area contributed by atoms with Crippen LogP contribution in [0.15, 0.2) is 22.8 Å². The monoisotopic (exact) mass is 267 g/mol. The molecule has 0 radical (unpaired) electrons. The zero-order valence-corrected chi connectivity index (χ0v) is 10.7. The SMILES string of the molecule is COc1cc2[nH]cc(C(C)C)c2cc1Br. The third kappa shape index (κ3) is 1.76. The summed E-state index contributed by atoms with van der Waals surface area (Å²) in [6, 6.07) is 4.13. The summed E-state index contributed by atoms with van der Waals surface area (Å²) in [5, 5.41) is 1.26. The maximum absolute atomic E-state index is 5.26. The van der Waals surface area contributed by atoms with Crippen molar-refractivity contribution in [2.24, 2.45) is 0 Å². The number of benzene rings is 1. The Labute approximate surface area is 97.8 Å². The maximum Gasteiger partial charge on any atom is 0.135 e. The number of H-pyrrole nitrogens is 1. The molecule has 0 atom stereocenters. The molecule has 0 bridgehead atoms. The van der Waals surface area contributed by atoms with Crippen molar-refractivity contribution in [1.82, 2.24) is 4.98 Å². The average Bonchev–Trinajstić information content (AvgIpc) is 2.59. The number of nitrogens with one attached hydrogen (secondary N) is 1. The Morgan fingerprint density at radius 1 is 1.33 bits per heavy atom. The summed E-state index contributed by atoms with van der Waals surface area (Å²) in [5.74, 6) is 1.39. The number of halogens is 1. The smallest absolute Gasteiger partial charge is 0.135 e. The summed E-state index contributed by atoms with van der Waals surface area (Å²) in [7, 11) is 1.68. The van der Waals surface area contributed by atoms with Crippen LogP contribution in [0.4, 0.5) is 0 Å². The van der Waals surface area contributed by atoms with Gasteiger partial charge >= 0.3 is 0 Å². The summed E-state index contributed by atoms with van der Waals surface area (Å²) >= 11 is 3.51. The quantitative estimate of drug-likeness (QED) is 0.872. The van der Waals surface area contributed by atoms with Gasteiger partial charge in [0.2, 0.25) is 0 Å². The van der Waals surface area contributed by atoms with Crippen LogP contribution in [0.1, 0.15) is 25.3 Å². The first-order valence-electron chi connectivity index (χ1n) is 4.98. The molecule has 0 aliphatic rings. The van der Waals surface area contributed by atoms with Crippen LogP contribution < -0.4 is 4.74 Å². The van der Waals surface area contributed by atoms with Crippen LogP contribution in [0.2, 0.25) is 0 Å². The molecule has 80 valence electrons. The normalized spacial score (nSPS) is 11.3. The molecule has 1 aromatic heterocycles. The second-order valence-corrected chi connectivity index (χ2v) is 4.79. The number of hydrogen-bond donors (Lipinski definition) is 1. The standard InChI is InChI=1S/C12H14BrNO/c1-7(2)9-6-14-11-5-12(15-3)10(13)4-8(9)11/h4-7,14H,1-3H3. The lowest BCUT2D eigenvalue weighted by molar-refractivity contribution is 0.413. The Balaban J connectivity index is 2.68. The van der Waals surface area contributed by atoms with Crippen molar-refractivity contribution in [1.29, 1.82) is 0 Å². The lowest BCUT2D eigenvalue weighted by Gasteiger charge is -2.05. The number of rotatable bonds is 2. The molecule has 2 rings (SSSR count). The molecular formula is C12H14BrNO. The van der Waals surface area contributed by atoms with Gasteiger partial charge in [0.1, 0.15) is 5.75 Å². The highest BCUT2D eigenvalue weighted by atomic mass is 79.9. The van der Waals surface area contributed by atoms with Crippen molar-refractivity contribution in [3.8, 4) is 5.75 Å². The number of ether oxygens (including phenoxy) is 1. The van der Waals surface area contributed by atoms with Gasteiger partial charge in [-0.15, -0.1) is 0 Å². The number of hydrogen-bond acceptors (Lipinski definition) is 1. The fourth-order valence-corrected chi connectivity index (χ4v) is 2.28. The Bertz CT molecular complexity index is 488. The van der Waals surface area contributed by atoms with Gasteiger partial charge in [-0.1, -0.05) is 13.8 Å². The van der Waals surface area contributed by atoms with Gasteiger partial charge in [-0.3, -0.25) is 0 Å². The van der Waals surface area contributed by atoms with E-state index in [2.05, 4.69) is 47.0 Å². The highest BCUT2D eigenvalue weighted by Crippen LogP contribution is 2.33. The molecule has 0 aliphatic heterocycles. The van der Waals surface area contributed by atoms with Gasteiger partial charge in [-0.2, -0.15) is 0 Å². The first kappa shape index (κ1) is 10.6. The molecule has 15 heavy (non-hydrogen) atoms. The number of aromatic amines is 1. The zero-order valence-electron chi connectivity index (χ0n) is 9.10. The number of methoxy groups -OCH3 is 1. The molecule has 0 saturated carbocycles. The van der Waals surface area contributed by atoms with Crippen LogP contribution >= 0.6 is 15.9 Å². The molecule has 0 unspecified atom stereocenters. The zero-order chi connectivity index (χ0) is 11.0. The van der Waals surface area contributed by atoms with Crippen LogP contribution in [0.3, 0.4) is 0 Å². The number of aromatic nitrogens is 1. The van der Waals surface area contributed by atoms with Crippen LogP contribution in [0, 0.1) is 0 Å². The first-order chi connectivity index (χ1) is 7.13. The second-order valence-electron chi connectivity index (χ2n) is 3.93. The fourth-order valence-electron chi connectivity index (χ4n) is 1.78. The third-order valence-electron chi connectivity index (χ3n) is 2.61. The second kappa shape index (κ2) is 3.89. The Morgan fingerprint density at radius 2 is 2.07 bits per heavy atom. The highest BCUT2D eigenvalue weighted by molar-refractivity contribution is 9.10. The van der Waals surface area contributed by atoms with Gasteiger partial charge in [0.05, 0.1) is 11.6 Å². The molecule has 2 aromatic rings. The summed E-state index contributed by atoms with van der Waals surface area (Å²) in [6.45, 7) is 4.39. The summed E-state index contributed by atoms with van der Waals surface area (Å²) in [4.78, 5) is 3.27. The Morgan fingerprint density at radius 3 is 2.67 bits per heavy atom.